The zero-order chi connectivity index (χ0) is 12.0. The Morgan fingerprint density at radius 1 is 1.25 bits per heavy atom. The molecule has 0 aliphatic rings. The number of halogens is 2. The summed E-state index contributed by atoms with van der Waals surface area (Å²) in [6.45, 7) is 0.213. The van der Waals surface area contributed by atoms with E-state index >= 15 is 0 Å². The Labute approximate surface area is 106 Å². The first-order valence-electron chi connectivity index (χ1n) is 4.82. The van der Waals surface area contributed by atoms with Crippen LogP contribution in [0.5, 0.6) is 0 Å². The van der Waals surface area contributed by atoms with Crippen LogP contribution in [0.4, 0.5) is 0 Å². The SMILES string of the molecule is O=S(=O)(CCCCl)NCc1ccccc1Cl. The molecule has 1 aromatic rings. The van der Waals surface area contributed by atoms with Crippen LogP contribution in [0, 0.1) is 0 Å². The van der Waals surface area contributed by atoms with Crippen molar-refractivity contribution in [3.05, 3.63) is 34.9 Å². The van der Waals surface area contributed by atoms with Gasteiger partial charge in [-0.3, -0.25) is 0 Å². The molecule has 0 spiro atoms. The van der Waals surface area contributed by atoms with E-state index in [0.29, 0.717) is 17.3 Å². The first kappa shape index (κ1) is 13.8. The minimum absolute atomic E-state index is 0.0426. The molecule has 3 nitrogen and oxygen atoms in total. The fourth-order valence-corrected chi connectivity index (χ4v) is 2.68. The van der Waals surface area contributed by atoms with Crippen LogP contribution in [-0.2, 0) is 16.6 Å². The number of nitrogens with one attached hydrogen (secondary N) is 1. The molecule has 0 aromatic heterocycles. The van der Waals surface area contributed by atoms with Crippen molar-refractivity contribution in [3.63, 3.8) is 0 Å². The predicted octanol–water partition coefficient (Wildman–Crippen LogP) is 2.39. The Morgan fingerprint density at radius 3 is 2.56 bits per heavy atom. The van der Waals surface area contributed by atoms with Gasteiger partial charge in [0.1, 0.15) is 0 Å². The maximum Gasteiger partial charge on any atom is 0.211 e. The lowest BCUT2D eigenvalue weighted by atomic mass is 10.2. The van der Waals surface area contributed by atoms with Gasteiger partial charge < -0.3 is 0 Å². The fourth-order valence-electron chi connectivity index (χ4n) is 1.15. The molecule has 1 N–H and O–H groups in total. The van der Waals surface area contributed by atoms with Gasteiger partial charge in [-0.1, -0.05) is 29.8 Å². The average Bonchev–Trinajstić information content (AvgIpc) is 2.26. The van der Waals surface area contributed by atoms with Crippen molar-refractivity contribution < 1.29 is 8.42 Å². The number of hydrogen-bond donors (Lipinski definition) is 1. The highest BCUT2D eigenvalue weighted by Gasteiger charge is 2.09. The molecule has 0 amide bonds. The third-order valence-electron chi connectivity index (χ3n) is 1.99. The van der Waals surface area contributed by atoms with Gasteiger partial charge in [-0.05, 0) is 18.1 Å². The van der Waals surface area contributed by atoms with E-state index in [4.69, 9.17) is 23.2 Å². The normalized spacial score (nSPS) is 11.6. The number of rotatable bonds is 6. The summed E-state index contributed by atoms with van der Waals surface area (Å²) in [7, 11) is -3.25. The standard InChI is InChI=1S/C10H13Cl2NO2S/c11-6-3-7-16(14,15)13-8-9-4-1-2-5-10(9)12/h1-2,4-5,13H,3,6-8H2. The predicted molar refractivity (Wildman–Crippen MR) is 67.4 cm³/mol. The summed E-state index contributed by atoms with van der Waals surface area (Å²) in [5.74, 6) is 0.383. The Bertz CT molecular complexity index is 434. The first-order chi connectivity index (χ1) is 7.55. The molecule has 0 bridgehead atoms. The molecule has 0 fully saturated rings. The molecule has 0 saturated carbocycles. The second kappa shape index (κ2) is 6.45. The van der Waals surface area contributed by atoms with Crippen LogP contribution in [0.25, 0.3) is 0 Å². The van der Waals surface area contributed by atoms with E-state index in [1.807, 2.05) is 6.07 Å². The lowest BCUT2D eigenvalue weighted by Gasteiger charge is -2.07. The smallest absolute Gasteiger partial charge is 0.211 e. The molecule has 0 saturated heterocycles. The van der Waals surface area contributed by atoms with Crippen LogP contribution in [0.3, 0.4) is 0 Å². The largest absolute Gasteiger partial charge is 0.212 e. The average molecular weight is 282 g/mol. The molecule has 0 heterocycles. The van der Waals surface area contributed by atoms with E-state index in [1.165, 1.54) is 0 Å². The van der Waals surface area contributed by atoms with E-state index in [0.717, 1.165) is 5.56 Å². The molecule has 90 valence electrons. The molecule has 0 aliphatic carbocycles. The van der Waals surface area contributed by atoms with Gasteiger partial charge in [0.05, 0.1) is 5.75 Å². The number of benzene rings is 1. The molecule has 16 heavy (non-hydrogen) atoms. The molecule has 0 atom stereocenters. The molecule has 1 rings (SSSR count). The Balaban J connectivity index is 2.55. The minimum Gasteiger partial charge on any atom is -0.212 e. The second-order valence-corrected chi connectivity index (χ2v) is 5.99. The summed E-state index contributed by atoms with van der Waals surface area (Å²) in [4.78, 5) is 0. The van der Waals surface area contributed by atoms with Crippen molar-refractivity contribution in [1.82, 2.24) is 4.72 Å². The quantitative estimate of drug-likeness (QED) is 0.814. The van der Waals surface area contributed by atoms with Gasteiger partial charge in [-0.2, -0.15) is 0 Å². The maximum atomic E-state index is 11.5. The van der Waals surface area contributed by atoms with Crippen molar-refractivity contribution >= 4 is 33.2 Å². The Hall–Kier alpha value is -0.290. The number of sulfonamides is 1. The zero-order valence-corrected chi connectivity index (χ0v) is 10.9. The Morgan fingerprint density at radius 2 is 1.94 bits per heavy atom. The zero-order valence-electron chi connectivity index (χ0n) is 8.62. The van der Waals surface area contributed by atoms with E-state index in [2.05, 4.69) is 4.72 Å². The summed E-state index contributed by atoms with van der Waals surface area (Å²) in [6, 6.07) is 7.12. The molecule has 6 heteroatoms. The van der Waals surface area contributed by atoms with E-state index in [9.17, 15) is 8.42 Å². The summed E-state index contributed by atoms with van der Waals surface area (Å²) in [5, 5.41) is 0.558. The van der Waals surface area contributed by atoms with Crippen LogP contribution in [0.15, 0.2) is 24.3 Å². The van der Waals surface area contributed by atoms with Gasteiger partial charge in [-0.25, -0.2) is 13.1 Å². The summed E-state index contributed by atoms with van der Waals surface area (Å²) < 4.78 is 25.4. The van der Waals surface area contributed by atoms with Crippen LogP contribution < -0.4 is 4.72 Å². The van der Waals surface area contributed by atoms with Gasteiger partial charge in [0.15, 0.2) is 0 Å². The molecular formula is C10H13Cl2NO2S. The van der Waals surface area contributed by atoms with Gasteiger partial charge >= 0.3 is 0 Å². The van der Waals surface area contributed by atoms with Crippen molar-refractivity contribution in [2.75, 3.05) is 11.6 Å². The topological polar surface area (TPSA) is 46.2 Å². The molecule has 1 aromatic carbocycles. The third kappa shape index (κ3) is 4.70. The van der Waals surface area contributed by atoms with Crippen molar-refractivity contribution in [1.29, 1.82) is 0 Å². The summed E-state index contributed by atoms with van der Waals surface area (Å²) in [6.07, 6.45) is 0.444. The van der Waals surface area contributed by atoms with Crippen LogP contribution in [0.1, 0.15) is 12.0 Å². The molecular weight excluding hydrogens is 269 g/mol. The van der Waals surface area contributed by atoms with Crippen molar-refractivity contribution in [2.24, 2.45) is 0 Å². The van der Waals surface area contributed by atoms with E-state index in [1.54, 1.807) is 18.2 Å². The highest BCUT2D eigenvalue weighted by molar-refractivity contribution is 7.89. The van der Waals surface area contributed by atoms with Gasteiger partial charge in [0, 0.05) is 17.4 Å². The number of alkyl halides is 1. The van der Waals surface area contributed by atoms with E-state index < -0.39 is 10.0 Å². The van der Waals surface area contributed by atoms with Gasteiger partial charge in [-0.15, -0.1) is 11.6 Å². The highest BCUT2D eigenvalue weighted by atomic mass is 35.5. The fraction of sp³-hybridized carbons (Fsp3) is 0.400. The number of hydrogen-bond acceptors (Lipinski definition) is 2. The van der Waals surface area contributed by atoms with Crippen LogP contribution >= 0.6 is 23.2 Å². The lowest BCUT2D eigenvalue weighted by molar-refractivity contribution is 0.580. The highest BCUT2D eigenvalue weighted by Crippen LogP contribution is 2.14. The molecule has 0 unspecified atom stereocenters. The Kier molecular flexibility index (Phi) is 5.55. The van der Waals surface area contributed by atoms with E-state index in [-0.39, 0.29) is 12.3 Å². The monoisotopic (exact) mass is 281 g/mol. The van der Waals surface area contributed by atoms with Crippen molar-refractivity contribution in [2.45, 2.75) is 13.0 Å². The molecule has 0 aliphatic heterocycles. The third-order valence-corrected chi connectivity index (χ3v) is 4.03. The summed E-state index contributed by atoms with van der Waals surface area (Å²) >= 11 is 11.3. The minimum atomic E-state index is -3.25. The van der Waals surface area contributed by atoms with Crippen LogP contribution in [0.2, 0.25) is 5.02 Å². The second-order valence-electron chi connectivity index (χ2n) is 3.27. The van der Waals surface area contributed by atoms with Gasteiger partial charge in [0.2, 0.25) is 10.0 Å². The summed E-state index contributed by atoms with van der Waals surface area (Å²) in [5.41, 5.74) is 0.763. The van der Waals surface area contributed by atoms with Gasteiger partial charge in [0.25, 0.3) is 0 Å². The molecule has 0 radical (unpaired) electrons. The van der Waals surface area contributed by atoms with Crippen molar-refractivity contribution in [3.8, 4) is 0 Å². The lowest BCUT2D eigenvalue weighted by Crippen LogP contribution is -2.26. The maximum absolute atomic E-state index is 11.5. The first-order valence-corrected chi connectivity index (χ1v) is 7.38. The van der Waals surface area contributed by atoms with Crippen LogP contribution in [-0.4, -0.2) is 20.1 Å².